The topological polar surface area (TPSA) is 30.5 Å². The van der Waals surface area contributed by atoms with Gasteiger partial charge in [-0.15, -0.1) is 0 Å². The Kier molecular flexibility index (Phi) is 4.05. The molecule has 0 radical (unpaired) electrons. The Morgan fingerprint density at radius 2 is 2.11 bits per heavy atom. The minimum Gasteiger partial charge on any atom is -0.377 e. The van der Waals surface area contributed by atoms with E-state index < -0.39 is 0 Å². The lowest BCUT2D eigenvalue weighted by molar-refractivity contribution is -0.195. The fraction of sp³-hybridized carbons (Fsp3) is 1.00. The van der Waals surface area contributed by atoms with E-state index in [1.165, 1.54) is 12.8 Å². The number of hydrogen-bond acceptors (Lipinski definition) is 3. The number of fused-ring (bicyclic) bond motifs is 1. The van der Waals surface area contributed by atoms with Crippen LogP contribution in [0.5, 0.6) is 0 Å². The van der Waals surface area contributed by atoms with E-state index in [0.29, 0.717) is 18.1 Å². The van der Waals surface area contributed by atoms with Gasteiger partial charge in [0.2, 0.25) is 0 Å². The molecule has 0 aromatic carbocycles. The van der Waals surface area contributed by atoms with Crippen molar-refractivity contribution in [2.45, 2.75) is 65.2 Å². The summed E-state index contributed by atoms with van der Waals surface area (Å²) >= 11 is 0. The summed E-state index contributed by atoms with van der Waals surface area (Å²) in [6, 6.07) is 0.572. The van der Waals surface area contributed by atoms with E-state index in [1.54, 1.807) is 0 Å². The third kappa shape index (κ3) is 2.59. The Hall–Kier alpha value is -0.120. The molecule has 0 amide bonds. The fourth-order valence-electron chi connectivity index (χ4n) is 3.73. The molecule has 3 nitrogen and oxygen atoms in total. The average molecular weight is 255 g/mol. The van der Waals surface area contributed by atoms with E-state index in [-0.39, 0.29) is 11.0 Å². The van der Waals surface area contributed by atoms with Crippen LogP contribution in [0.15, 0.2) is 0 Å². The molecular formula is C15H29NO2. The first kappa shape index (κ1) is 14.3. The van der Waals surface area contributed by atoms with E-state index in [0.717, 1.165) is 19.8 Å². The number of nitrogens with one attached hydrogen (secondary N) is 1. The predicted octanol–water partition coefficient (Wildman–Crippen LogP) is 2.59. The lowest BCUT2D eigenvalue weighted by Crippen LogP contribution is -2.70. The molecule has 0 aromatic heterocycles. The van der Waals surface area contributed by atoms with Crippen molar-refractivity contribution in [2.75, 3.05) is 19.8 Å². The smallest absolute Gasteiger partial charge is 0.0750 e. The highest BCUT2D eigenvalue weighted by Crippen LogP contribution is 2.51. The predicted molar refractivity (Wildman–Crippen MR) is 73.7 cm³/mol. The number of hydrogen-bond donors (Lipinski definition) is 1. The zero-order chi connectivity index (χ0) is 13.4. The zero-order valence-electron chi connectivity index (χ0n) is 12.6. The van der Waals surface area contributed by atoms with E-state index >= 15 is 0 Å². The van der Waals surface area contributed by atoms with Crippen molar-refractivity contribution in [3.8, 4) is 0 Å². The highest BCUT2D eigenvalue weighted by molar-refractivity contribution is 5.10. The highest BCUT2D eigenvalue weighted by Gasteiger charge is 2.57. The molecular weight excluding hydrogens is 226 g/mol. The monoisotopic (exact) mass is 255 g/mol. The van der Waals surface area contributed by atoms with Crippen LogP contribution < -0.4 is 5.32 Å². The van der Waals surface area contributed by atoms with Crippen molar-refractivity contribution in [1.29, 1.82) is 0 Å². The molecule has 2 rings (SSSR count). The summed E-state index contributed by atoms with van der Waals surface area (Å²) in [7, 11) is 0. The number of rotatable bonds is 5. The zero-order valence-corrected chi connectivity index (χ0v) is 12.6. The van der Waals surface area contributed by atoms with Crippen LogP contribution in [0.4, 0.5) is 0 Å². The summed E-state index contributed by atoms with van der Waals surface area (Å²) < 4.78 is 11.7. The first-order chi connectivity index (χ1) is 8.38. The van der Waals surface area contributed by atoms with Gasteiger partial charge in [-0.1, -0.05) is 13.8 Å². The second-order valence-electron chi connectivity index (χ2n) is 6.97. The van der Waals surface area contributed by atoms with Crippen LogP contribution >= 0.6 is 0 Å². The minimum atomic E-state index is -0.0779. The lowest BCUT2D eigenvalue weighted by Gasteiger charge is -2.60. The normalized spacial score (nSPS) is 34.8. The fourth-order valence-corrected chi connectivity index (χ4v) is 3.73. The average Bonchev–Trinajstić information content (AvgIpc) is 2.28. The van der Waals surface area contributed by atoms with E-state index in [2.05, 4.69) is 39.9 Å². The van der Waals surface area contributed by atoms with Crippen LogP contribution in [0.3, 0.4) is 0 Å². The molecule has 1 aliphatic heterocycles. The Balaban J connectivity index is 1.89. The third-order valence-corrected chi connectivity index (χ3v) is 4.61. The third-order valence-electron chi connectivity index (χ3n) is 4.61. The molecule has 3 unspecified atom stereocenters. The van der Waals surface area contributed by atoms with Crippen LogP contribution in [0, 0.1) is 11.3 Å². The summed E-state index contributed by atoms with van der Waals surface area (Å²) in [5.74, 6) is 0.700. The maximum Gasteiger partial charge on any atom is 0.0750 e. The van der Waals surface area contributed by atoms with Crippen molar-refractivity contribution in [2.24, 2.45) is 11.3 Å². The van der Waals surface area contributed by atoms with Crippen LogP contribution in [0.1, 0.15) is 47.5 Å². The quantitative estimate of drug-likeness (QED) is 0.819. The Labute approximate surface area is 112 Å². The van der Waals surface area contributed by atoms with Crippen molar-refractivity contribution >= 4 is 0 Å². The molecule has 2 aliphatic rings. The first-order valence-corrected chi connectivity index (χ1v) is 7.37. The van der Waals surface area contributed by atoms with Crippen LogP contribution in [-0.2, 0) is 9.47 Å². The Morgan fingerprint density at radius 3 is 2.78 bits per heavy atom. The SMILES string of the molecule is CCOC(C)(C)CNC1C2CCCOC2C1(C)C. The van der Waals surface area contributed by atoms with Gasteiger partial charge in [0.05, 0.1) is 11.7 Å². The second-order valence-corrected chi connectivity index (χ2v) is 6.97. The van der Waals surface area contributed by atoms with Crippen molar-refractivity contribution in [3.05, 3.63) is 0 Å². The van der Waals surface area contributed by atoms with Crippen LogP contribution in [0.25, 0.3) is 0 Å². The van der Waals surface area contributed by atoms with Gasteiger partial charge in [0.1, 0.15) is 0 Å². The molecule has 106 valence electrons. The summed E-state index contributed by atoms with van der Waals surface area (Å²) in [5.41, 5.74) is 0.179. The molecule has 0 aromatic rings. The lowest BCUT2D eigenvalue weighted by atomic mass is 9.55. The molecule has 0 bridgehead atoms. The molecule has 1 heterocycles. The highest BCUT2D eigenvalue weighted by atomic mass is 16.5. The van der Waals surface area contributed by atoms with Gasteiger partial charge in [-0.25, -0.2) is 0 Å². The first-order valence-electron chi connectivity index (χ1n) is 7.37. The minimum absolute atomic E-state index is 0.0779. The van der Waals surface area contributed by atoms with Gasteiger partial charge >= 0.3 is 0 Å². The molecule has 2 fully saturated rings. The Bertz CT molecular complexity index is 288. The Morgan fingerprint density at radius 1 is 1.39 bits per heavy atom. The molecule has 18 heavy (non-hydrogen) atoms. The maximum atomic E-state index is 5.93. The largest absolute Gasteiger partial charge is 0.377 e. The standard InChI is InChI=1S/C15H29NO2/c1-6-18-14(2,3)10-16-12-11-8-7-9-17-13(11)15(12,4)5/h11-13,16H,6-10H2,1-5H3. The van der Waals surface area contributed by atoms with E-state index in [4.69, 9.17) is 9.47 Å². The molecule has 3 heteroatoms. The van der Waals surface area contributed by atoms with Gasteiger partial charge in [0.15, 0.2) is 0 Å². The molecule has 1 N–H and O–H groups in total. The van der Waals surface area contributed by atoms with E-state index in [1.807, 2.05) is 0 Å². The van der Waals surface area contributed by atoms with Gasteiger partial charge in [-0.2, -0.15) is 0 Å². The van der Waals surface area contributed by atoms with Gasteiger partial charge in [0, 0.05) is 37.1 Å². The van der Waals surface area contributed by atoms with E-state index in [9.17, 15) is 0 Å². The number of ether oxygens (including phenoxy) is 2. The molecule has 1 saturated carbocycles. The summed E-state index contributed by atoms with van der Waals surface area (Å²) in [6.07, 6.45) is 2.98. The summed E-state index contributed by atoms with van der Waals surface area (Å²) in [5, 5.41) is 3.73. The maximum absolute atomic E-state index is 5.93. The molecule has 1 saturated heterocycles. The van der Waals surface area contributed by atoms with Crippen molar-refractivity contribution in [3.63, 3.8) is 0 Å². The van der Waals surface area contributed by atoms with Gasteiger partial charge in [-0.3, -0.25) is 0 Å². The van der Waals surface area contributed by atoms with Gasteiger partial charge < -0.3 is 14.8 Å². The second kappa shape index (κ2) is 5.10. The molecule has 1 aliphatic carbocycles. The van der Waals surface area contributed by atoms with Crippen molar-refractivity contribution in [1.82, 2.24) is 5.32 Å². The molecule has 3 atom stereocenters. The van der Waals surface area contributed by atoms with Crippen LogP contribution in [0.2, 0.25) is 0 Å². The van der Waals surface area contributed by atoms with Crippen LogP contribution in [-0.4, -0.2) is 37.5 Å². The van der Waals surface area contributed by atoms with Gasteiger partial charge in [-0.05, 0) is 33.6 Å². The molecule has 0 spiro atoms. The van der Waals surface area contributed by atoms with Gasteiger partial charge in [0.25, 0.3) is 0 Å². The summed E-state index contributed by atoms with van der Waals surface area (Å²) in [6.45, 7) is 13.7. The van der Waals surface area contributed by atoms with Crippen molar-refractivity contribution < 1.29 is 9.47 Å². The summed E-state index contributed by atoms with van der Waals surface area (Å²) in [4.78, 5) is 0.